The van der Waals surface area contributed by atoms with Crippen molar-refractivity contribution in [3.8, 4) is 0 Å². The van der Waals surface area contributed by atoms with Crippen molar-refractivity contribution in [3.05, 3.63) is 52.5 Å². The molecule has 0 aliphatic carbocycles. The predicted octanol–water partition coefficient (Wildman–Crippen LogP) is 2.59. The highest BCUT2D eigenvalue weighted by atomic mass is 32.1. The number of alkyl halides is 3. The van der Waals surface area contributed by atoms with Crippen molar-refractivity contribution < 1.29 is 33.0 Å². The molecule has 1 fully saturated rings. The zero-order valence-corrected chi connectivity index (χ0v) is 14.8. The summed E-state index contributed by atoms with van der Waals surface area (Å²) >= 11 is 1.51. The number of amides is 1. The first-order chi connectivity index (χ1) is 12.7. The number of likely N-dealkylation sites (tertiary alicyclic amines) is 1. The minimum absolute atomic E-state index is 0.0156. The summed E-state index contributed by atoms with van der Waals surface area (Å²) in [7, 11) is 0. The lowest BCUT2D eigenvalue weighted by Gasteiger charge is -2.26. The summed E-state index contributed by atoms with van der Waals surface area (Å²) in [4.78, 5) is 27.2. The Hall–Kier alpha value is -2.46. The first kappa shape index (κ1) is 20.8. The first-order valence-corrected chi connectivity index (χ1v) is 8.84. The number of rotatable bonds is 3. The van der Waals surface area contributed by atoms with Gasteiger partial charge in [0.25, 0.3) is 5.91 Å². The summed E-state index contributed by atoms with van der Waals surface area (Å²) in [5.41, 5.74) is 1.80. The Morgan fingerprint density at radius 3 is 2.41 bits per heavy atom. The van der Waals surface area contributed by atoms with E-state index in [1.807, 2.05) is 29.0 Å². The van der Waals surface area contributed by atoms with E-state index < -0.39 is 18.2 Å². The zero-order valence-electron chi connectivity index (χ0n) is 14.0. The Bertz CT molecular complexity index is 753. The van der Waals surface area contributed by atoms with Crippen LogP contribution in [-0.4, -0.2) is 56.8 Å². The van der Waals surface area contributed by atoms with Gasteiger partial charge in [-0.05, 0) is 42.0 Å². The number of aliphatic carboxylic acids is 1. The van der Waals surface area contributed by atoms with Crippen LogP contribution in [0.1, 0.15) is 22.3 Å². The summed E-state index contributed by atoms with van der Waals surface area (Å²) < 4.78 is 31.7. The van der Waals surface area contributed by atoms with Crippen molar-refractivity contribution in [1.29, 1.82) is 0 Å². The number of hydrogen-bond acceptors (Lipinski definition) is 5. The number of hydrogen-bond donors (Lipinski definition) is 2. The van der Waals surface area contributed by atoms with Gasteiger partial charge < -0.3 is 15.1 Å². The van der Waals surface area contributed by atoms with Crippen LogP contribution in [0.5, 0.6) is 0 Å². The summed E-state index contributed by atoms with van der Waals surface area (Å²) in [5, 5.41) is 21.0. The maximum absolute atomic E-state index is 12.5. The Morgan fingerprint density at radius 1 is 1.26 bits per heavy atom. The molecule has 0 radical (unpaired) electrons. The highest BCUT2D eigenvalue weighted by Crippen LogP contribution is 2.24. The van der Waals surface area contributed by atoms with Gasteiger partial charge in [-0.25, -0.2) is 4.79 Å². The van der Waals surface area contributed by atoms with E-state index >= 15 is 0 Å². The minimum Gasteiger partial charge on any atom is -0.475 e. The van der Waals surface area contributed by atoms with Crippen molar-refractivity contribution in [2.24, 2.45) is 0 Å². The number of carboxylic acid groups (broad SMARTS) is 1. The third-order valence-electron chi connectivity index (χ3n) is 3.98. The smallest absolute Gasteiger partial charge is 0.475 e. The predicted molar refractivity (Wildman–Crippen MR) is 91.4 cm³/mol. The molecule has 2 N–H and O–H groups in total. The molecule has 2 aromatic rings. The van der Waals surface area contributed by atoms with Crippen LogP contribution in [0.25, 0.3) is 0 Å². The lowest BCUT2D eigenvalue weighted by Crippen LogP contribution is -2.41. The van der Waals surface area contributed by atoms with E-state index in [0.29, 0.717) is 24.9 Å². The maximum atomic E-state index is 12.5. The molecule has 146 valence electrons. The topological polar surface area (TPSA) is 90.7 Å². The Kier molecular flexibility index (Phi) is 6.92. The number of pyridine rings is 1. The van der Waals surface area contributed by atoms with Gasteiger partial charge in [0.05, 0.1) is 17.7 Å². The third kappa shape index (κ3) is 5.76. The van der Waals surface area contributed by atoms with Crippen LogP contribution in [0.15, 0.2) is 41.4 Å². The van der Waals surface area contributed by atoms with Gasteiger partial charge in [0.1, 0.15) is 0 Å². The van der Waals surface area contributed by atoms with Crippen LogP contribution >= 0.6 is 11.3 Å². The summed E-state index contributed by atoms with van der Waals surface area (Å²) in [5.74, 6) is -2.74. The number of aromatic nitrogens is 1. The number of aliphatic hydroxyl groups excluding tert-OH is 1. The van der Waals surface area contributed by atoms with Gasteiger partial charge in [-0.15, -0.1) is 0 Å². The fraction of sp³-hybridized carbons (Fsp3) is 0.353. The average molecular weight is 402 g/mol. The molecule has 2 aromatic heterocycles. The zero-order chi connectivity index (χ0) is 20.0. The van der Waals surface area contributed by atoms with Crippen molar-refractivity contribution in [2.45, 2.75) is 31.2 Å². The Morgan fingerprint density at radius 2 is 1.89 bits per heavy atom. The second-order valence-corrected chi connectivity index (χ2v) is 6.58. The molecular formula is C17H17F3N2O4S. The quantitative estimate of drug-likeness (QED) is 0.824. The van der Waals surface area contributed by atoms with E-state index in [4.69, 9.17) is 9.90 Å². The highest BCUT2D eigenvalue weighted by molar-refractivity contribution is 7.08. The molecule has 0 bridgehead atoms. The van der Waals surface area contributed by atoms with Crippen LogP contribution in [0.3, 0.4) is 0 Å². The van der Waals surface area contributed by atoms with Crippen LogP contribution in [0.4, 0.5) is 13.2 Å². The Balaban J connectivity index is 0.000000321. The molecule has 10 heteroatoms. The molecule has 3 rings (SSSR count). The van der Waals surface area contributed by atoms with Gasteiger partial charge in [0.15, 0.2) is 0 Å². The van der Waals surface area contributed by atoms with Crippen LogP contribution in [0, 0.1) is 0 Å². The molecule has 0 aromatic carbocycles. The van der Waals surface area contributed by atoms with Gasteiger partial charge in [0.2, 0.25) is 0 Å². The van der Waals surface area contributed by atoms with E-state index in [-0.39, 0.29) is 11.9 Å². The van der Waals surface area contributed by atoms with E-state index in [9.17, 15) is 23.1 Å². The van der Waals surface area contributed by atoms with E-state index in [2.05, 4.69) is 4.98 Å². The molecule has 1 amide bonds. The molecule has 0 spiro atoms. The number of carbonyl (C=O) groups is 2. The van der Waals surface area contributed by atoms with Gasteiger partial charge in [-0.2, -0.15) is 24.5 Å². The lowest BCUT2D eigenvalue weighted by atomic mass is 10.0. The SMILES string of the molecule is O=C(O)C(F)(F)F.O=C(c1ccsc1)N1CC[C@H](O)[C@@H]1Cc1ccncc1. The van der Waals surface area contributed by atoms with Crippen LogP contribution < -0.4 is 0 Å². The van der Waals surface area contributed by atoms with Crippen molar-refractivity contribution in [1.82, 2.24) is 9.88 Å². The van der Waals surface area contributed by atoms with Gasteiger partial charge in [-0.1, -0.05) is 0 Å². The fourth-order valence-corrected chi connectivity index (χ4v) is 3.28. The molecule has 1 aliphatic rings. The number of aliphatic hydroxyl groups is 1. The third-order valence-corrected chi connectivity index (χ3v) is 4.66. The van der Waals surface area contributed by atoms with E-state index in [1.165, 1.54) is 11.3 Å². The number of nitrogens with zero attached hydrogens (tertiary/aromatic N) is 2. The van der Waals surface area contributed by atoms with Crippen molar-refractivity contribution in [3.63, 3.8) is 0 Å². The molecule has 6 nitrogen and oxygen atoms in total. The average Bonchev–Trinajstić information content (AvgIpc) is 3.26. The van der Waals surface area contributed by atoms with E-state index in [1.54, 1.807) is 17.3 Å². The maximum Gasteiger partial charge on any atom is 0.490 e. The first-order valence-electron chi connectivity index (χ1n) is 7.90. The molecular weight excluding hydrogens is 385 g/mol. The molecule has 1 saturated heterocycles. The van der Waals surface area contributed by atoms with Crippen molar-refractivity contribution in [2.75, 3.05) is 6.54 Å². The fourth-order valence-electron chi connectivity index (χ4n) is 2.65. The van der Waals surface area contributed by atoms with Crippen LogP contribution in [-0.2, 0) is 11.2 Å². The standard InChI is InChI=1S/C15H16N2O2S.C2HF3O2/c18-14-3-7-17(15(19)12-4-8-20-10-12)13(14)9-11-1-5-16-6-2-11;3-2(4,5)1(6)7/h1-2,4-6,8,10,13-14,18H,3,7,9H2;(H,6,7)/t13-,14-;/m0./s1. The second kappa shape index (κ2) is 8.96. The summed E-state index contributed by atoms with van der Waals surface area (Å²) in [6.07, 6.45) is -0.750. The number of carboxylic acids is 1. The number of carbonyl (C=O) groups excluding carboxylic acids is 1. The molecule has 27 heavy (non-hydrogen) atoms. The van der Waals surface area contributed by atoms with Gasteiger partial charge in [-0.3, -0.25) is 9.78 Å². The van der Waals surface area contributed by atoms with Gasteiger partial charge >= 0.3 is 12.1 Å². The summed E-state index contributed by atoms with van der Waals surface area (Å²) in [6, 6.07) is 5.54. The minimum atomic E-state index is -5.08. The molecule has 0 saturated carbocycles. The second-order valence-electron chi connectivity index (χ2n) is 5.80. The van der Waals surface area contributed by atoms with Crippen LogP contribution in [0.2, 0.25) is 0 Å². The highest BCUT2D eigenvalue weighted by Gasteiger charge is 2.38. The monoisotopic (exact) mass is 402 g/mol. The normalized spacial score (nSPS) is 19.3. The molecule has 0 unspecified atom stereocenters. The molecule has 1 aliphatic heterocycles. The number of halogens is 3. The van der Waals surface area contributed by atoms with E-state index in [0.717, 1.165) is 5.56 Å². The largest absolute Gasteiger partial charge is 0.490 e. The Labute approximate surface area is 156 Å². The van der Waals surface area contributed by atoms with Crippen molar-refractivity contribution >= 4 is 23.2 Å². The summed E-state index contributed by atoms with van der Waals surface area (Å²) in [6.45, 7) is 0.617. The number of thiophene rings is 1. The molecule has 3 heterocycles. The molecule has 2 atom stereocenters. The van der Waals surface area contributed by atoms with Gasteiger partial charge in [0, 0.05) is 24.3 Å². The lowest BCUT2D eigenvalue weighted by molar-refractivity contribution is -0.192.